The number of nitriles is 1. The van der Waals surface area contributed by atoms with Crippen LogP contribution in [0.25, 0.3) is 0 Å². The number of benzene rings is 2. The molecule has 0 spiro atoms. The summed E-state index contributed by atoms with van der Waals surface area (Å²) in [5.74, 6) is 0.446. The highest BCUT2D eigenvalue weighted by molar-refractivity contribution is 5.78. The van der Waals surface area contributed by atoms with Crippen molar-refractivity contribution in [2.75, 3.05) is 44.3 Å². The average molecular weight is 473 g/mol. The van der Waals surface area contributed by atoms with E-state index in [1.165, 1.54) is 12.1 Å². The van der Waals surface area contributed by atoms with Gasteiger partial charge in [-0.3, -0.25) is 4.79 Å². The minimum atomic E-state index is -4.64. The van der Waals surface area contributed by atoms with Gasteiger partial charge in [-0.1, -0.05) is 12.1 Å². The number of carbonyl (C=O) groups is 1. The summed E-state index contributed by atoms with van der Waals surface area (Å²) in [5, 5.41) is 19.4. The molecule has 34 heavy (non-hydrogen) atoms. The smallest absolute Gasteiger partial charge is 0.417 e. The summed E-state index contributed by atoms with van der Waals surface area (Å²) in [4.78, 5) is 16.3. The minimum Gasteiger partial charge on any atom is -0.484 e. The Balaban J connectivity index is 1.47. The van der Waals surface area contributed by atoms with Crippen molar-refractivity contribution in [1.82, 2.24) is 4.90 Å². The van der Waals surface area contributed by atoms with E-state index in [1.807, 2.05) is 30.0 Å². The van der Waals surface area contributed by atoms with Crippen LogP contribution in [0.15, 0.2) is 42.5 Å². The van der Waals surface area contributed by atoms with Gasteiger partial charge in [-0.2, -0.15) is 18.4 Å². The van der Waals surface area contributed by atoms with E-state index < -0.39 is 22.7 Å². The minimum absolute atomic E-state index is 0.0317. The lowest BCUT2D eigenvalue weighted by molar-refractivity contribution is -0.139. The number of aryl methyl sites for hydroxylation is 1. The number of nitrogens with zero attached hydrogens (tertiary/aromatic N) is 3. The highest BCUT2D eigenvalue weighted by atomic mass is 19.4. The van der Waals surface area contributed by atoms with E-state index in [-0.39, 0.29) is 25.0 Å². The second kappa shape index (κ2) is 9.18. The topological polar surface area (TPSA) is 76.8 Å². The Bertz CT molecular complexity index is 1110. The average Bonchev–Trinajstić information content (AvgIpc) is 3.21. The molecule has 180 valence electrons. The number of hydrogen-bond donors (Lipinski definition) is 1. The van der Waals surface area contributed by atoms with E-state index in [1.54, 1.807) is 17.0 Å². The fraction of sp³-hybridized carbons (Fsp3) is 0.440. The third kappa shape index (κ3) is 4.68. The molecule has 2 aromatic carbocycles. The standard InChI is InChI=1S/C25H26F3N3O3/c1-17-3-2-4-21(9-17)34-13-23(33)30-8-7-19-12-31(15-24(19,14-30)16-32)20-6-5-18(11-29)22(10-20)25(26,27)28/h2-6,9-10,19,32H,7-8,12-16H2,1H3/t19-,24+/m0/s1. The van der Waals surface area contributed by atoms with Crippen LogP contribution in [-0.2, 0) is 11.0 Å². The molecule has 0 saturated carbocycles. The second-order valence-electron chi connectivity index (χ2n) is 9.15. The van der Waals surface area contributed by atoms with Gasteiger partial charge in [0.25, 0.3) is 5.91 Å². The van der Waals surface area contributed by atoms with Crippen LogP contribution in [-0.4, -0.2) is 55.3 Å². The molecule has 9 heteroatoms. The summed E-state index contributed by atoms with van der Waals surface area (Å²) < 4.78 is 45.9. The van der Waals surface area contributed by atoms with Crippen molar-refractivity contribution in [2.24, 2.45) is 11.3 Å². The molecule has 4 rings (SSSR count). The number of carbonyl (C=O) groups excluding carboxylic acids is 1. The maximum absolute atomic E-state index is 13.4. The SMILES string of the molecule is Cc1cccc(OCC(=O)N2CC[C@H]3CN(c4ccc(C#N)c(C(F)(F)F)c4)C[C@@]3(CO)C2)c1. The zero-order valence-electron chi connectivity index (χ0n) is 18.8. The lowest BCUT2D eigenvalue weighted by Gasteiger charge is -2.42. The first-order chi connectivity index (χ1) is 16.1. The van der Waals surface area contributed by atoms with E-state index >= 15 is 0 Å². The molecule has 0 aliphatic carbocycles. The molecule has 2 saturated heterocycles. The largest absolute Gasteiger partial charge is 0.484 e. The number of ether oxygens (including phenoxy) is 1. The van der Waals surface area contributed by atoms with E-state index in [0.717, 1.165) is 11.6 Å². The predicted octanol–water partition coefficient (Wildman–Crippen LogP) is 3.61. The van der Waals surface area contributed by atoms with Crippen molar-refractivity contribution in [2.45, 2.75) is 19.5 Å². The zero-order valence-corrected chi connectivity index (χ0v) is 18.8. The molecule has 0 bridgehead atoms. The molecular weight excluding hydrogens is 447 g/mol. The molecule has 2 aromatic rings. The summed E-state index contributed by atoms with van der Waals surface area (Å²) in [7, 11) is 0. The number of aliphatic hydroxyl groups is 1. The monoisotopic (exact) mass is 473 g/mol. The first-order valence-electron chi connectivity index (χ1n) is 11.1. The van der Waals surface area contributed by atoms with Gasteiger partial charge in [0.1, 0.15) is 5.75 Å². The van der Waals surface area contributed by atoms with Gasteiger partial charge < -0.3 is 19.6 Å². The maximum Gasteiger partial charge on any atom is 0.417 e. The summed E-state index contributed by atoms with van der Waals surface area (Å²) >= 11 is 0. The van der Waals surface area contributed by atoms with Gasteiger partial charge in [0, 0.05) is 37.3 Å². The Hall–Kier alpha value is -3.25. The maximum atomic E-state index is 13.4. The first kappa shape index (κ1) is 23.9. The number of likely N-dealkylation sites (tertiary alicyclic amines) is 1. The highest BCUT2D eigenvalue weighted by Gasteiger charge is 2.50. The molecule has 1 amide bonds. The Labute approximate surface area is 196 Å². The molecule has 2 fully saturated rings. The Morgan fingerprint density at radius 3 is 2.74 bits per heavy atom. The van der Waals surface area contributed by atoms with Crippen LogP contribution in [0.2, 0.25) is 0 Å². The van der Waals surface area contributed by atoms with Crippen LogP contribution in [0.3, 0.4) is 0 Å². The normalized spacial score (nSPS) is 22.3. The van der Waals surface area contributed by atoms with Gasteiger partial charge in [-0.25, -0.2) is 0 Å². The highest BCUT2D eigenvalue weighted by Crippen LogP contribution is 2.44. The van der Waals surface area contributed by atoms with E-state index in [0.29, 0.717) is 44.0 Å². The third-order valence-corrected chi connectivity index (χ3v) is 6.88. The van der Waals surface area contributed by atoms with Crippen LogP contribution in [0.4, 0.5) is 18.9 Å². The van der Waals surface area contributed by atoms with Crippen LogP contribution < -0.4 is 9.64 Å². The first-order valence-corrected chi connectivity index (χ1v) is 11.1. The number of halogens is 3. The molecular formula is C25H26F3N3O3. The van der Waals surface area contributed by atoms with Crippen LogP contribution in [0.1, 0.15) is 23.1 Å². The number of anilines is 1. The lowest BCUT2D eigenvalue weighted by atomic mass is 9.74. The fourth-order valence-electron chi connectivity index (χ4n) is 5.02. The van der Waals surface area contributed by atoms with Gasteiger partial charge in [0.05, 0.1) is 23.8 Å². The van der Waals surface area contributed by atoms with Crippen molar-refractivity contribution < 1.29 is 27.8 Å². The number of rotatable bonds is 5. The van der Waals surface area contributed by atoms with Crippen LogP contribution in [0.5, 0.6) is 5.75 Å². The number of aliphatic hydroxyl groups excluding tert-OH is 1. The van der Waals surface area contributed by atoms with Gasteiger partial charge in [0.2, 0.25) is 0 Å². The molecule has 2 aliphatic rings. The molecule has 2 atom stereocenters. The van der Waals surface area contributed by atoms with Crippen molar-refractivity contribution in [3.63, 3.8) is 0 Å². The summed E-state index contributed by atoms with van der Waals surface area (Å²) in [6.07, 6.45) is -4.00. The predicted molar refractivity (Wildman–Crippen MR) is 119 cm³/mol. The van der Waals surface area contributed by atoms with Crippen LogP contribution >= 0.6 is 0 Å². The summed E-state index contributed by atoms with van der Waals surface area (Å²) in [5.41, 5.74) is -0.647. The molecule has 2 heterocycles. The molecule has 1 N–H and O–H groups in total. The van der Waals surface area contributed by atoms with Crippen molar-refractivity contribution in [3.05, 3.63) is 59.2 Å². The number of piperidine rings is 1. The zero-order chi connectivity index (χ0) is 24.5. The van der Waals surface area contributed by atoms with E-state index in [4.69, 9.17) is 10.00 Å². The van der Waals surface area contributed by atoms with Crippen molar-refractivity contribution in [1.29, 1.82) is 5.26 Å². The van der Waals surface area contributed by atoms with Gasteiger partial charge >= 0.3 is 6.18 Å². The molecule has 0 unspecified atom stereocenters. The Morgan fingerprint density at radius 1 is 1.26 bits per heavy atom. The van der Waals surface area contributed by atoms with E-state index in [9.17, 15) is 23.1 Å². The number of alkyl halides is 3. The van der Waals surface area contributed by atoms with Crippen molar-refractivity contribution >= 4 is 11.6 Å². The summed E-state index contributed by atoms with van der Waals surface area (Å²) in [6, 6.07) is 12.7. The Morgan fingerprint density at radius 2 is 2.06 bits per heavy atom. The van der Waals surface area contributed by atoms with E-state index in [2.05, 4.69) is 0 Å². The number of hydrogen-bond acceptors (Lipinski definition) is 5. The molecule has 6 nitrogen and oxygen atoms in total. The number of fused-ring (bicyclic) bond motifs is 1. The molecule has 0 aromatic heterocycles. The van der Waals surface area contributed by atoms with Crippen molar-refractivity contribution in [3.8, 4) is 11.8 Å². The lowest BCUT2D eigenvalue weighted by Crippen LogP contribution is -2.53. The van der Waals surface area contributed by atoms with Crippen LogP contribution in [0, 0.1) is 29.6 Å². The Kier molecular flexibility index (Phi) is 6.45. The van der Waals surface area contributed by atoms with Gasteiger partial charge in [-0.15, -0.1) is 0 Å². The fourth-order valence-corrected chi connectivity index (χ4v) is 5.02. The second-order valence-corrected chi connectivity index (χ2v) is 9.15. The van der Waals surface area contributed by atoms with Gasteiger partial charge in [0.15, 0.2) is 6.61 Å². The molecule has 0 radical (unpaired) electrons. The molecule has 2 aliphatic heterocycles. The number of amides is 1. The summed E-state index contributed by atoms with van der Waals surface area (Å²) in [6.45, 7) is 3.23. The van der Waals surface area contributed by atoms with Gasteiger partial charge in [-0.05, 0) is 55.2 Å². The third-order valence-electron chi connectivity index (χ3n) is 6.88. The quantitative estimate of drug-likeness (QED) is 0.718.